The van der Waals surface area contributed by atoms with Gasteiger partial charge in [0.1, 0.15) is 22.4 Å². The van der Waals surface area contributed by atoms with E-state index in [1.165, 1.54) is 6.33 Å². The fourth-order valence-corrected chi connectivity index (χ4v) is 1.42. The Kier molecular flexibility index (Phi) is 3.00. The molecule has 0 saturated carbocycles. The van der Waals surface area contributed by atoms with Gasteiger partial charge in [-0.2, -0.15) is 4.98 Å². The van der Waals surface area contributed by atoms with Gasteiger partial charge in [-0.05, 0) is 22.9 Å². The zero-order chi connectivity index (χ0) is 11.5. The van der Waals surface area contributed by atoms with Crippen molar-refractivity contribution in [3.8, 4) is 0 Å². The van der Waals surface area contributed by atoms with Crippen LogP contribution in [0.3, 0.4) is 0 Å². The highest BCUT2D eigenvalue weighted by Gasteiger charge is 2.07. The maximum absolute atomic E-state index is 5.60. The van der Waals surface area contributed by atoms with Crippen LogP contribution in [0.5, 0.6) is 0 Å². The van der Waals surface area contributed by atoms with Crippen molar-refractivity contribution in [3.63, 3.8) is 0 Å². The summed E-state index contributed by atoms with van der Waals surface area (Å²) >= 11 is 3.28. The summed E-state index contributed by atoms with van der Waals surface area (Å²) in [4.78, 5) is 11.9. The molecular formula is C8H9BrN6O. The number of aryl methyl sites for hydroxylation is 1. The summed E-state index contributed by atoms with van der Waals surface area (Å²) in [6.07, 6.45) is 1.38. The number of hydrogen-bond acceptors (Lipinski definition) is 7. The summed E-state index contributed by atoms with van der Waals surface area (Å²) in [6.45, 7) is 2.14. The van der Waals surface area contributed by atoms with Crippen LogP contribution < -0.4 is 11.1 Å². The van der Waals surface area contributed by atoms with Gasteiger partial charge in [-0.1, -0.05) is 5.16 Å². The van der Waals surface area contributed by atoms with Gasteiger partial charge in [0.25, 0.3) is 0 Å². The first-order valence-electron chi connectivity index (χ1n) is 4.46. The van der Waals surface area contributed by atoms with E-state index in [9.17, 15) is 0 Å². The molecule has 0 radical (unpaired) electrons. The fraction of sp³-hybridized carbons (Fsp3) is 0.250. The van der Waals surface area contributed by atoms with Gasteiger partial charge in [0.05, 0.1) is 6.54 Å². The number of rotatable bonds is 3. The average molecular weight is 285 g/mol. The van der Waals surface area contributed by atoms with E-state index in [1.807, 2.05) is 0 Å². The highest BCUT2D eigenvalue weighted by Crippen LogP contribution is 2.24. The Bertz CT molecular complexity index is 499. The minimum Gasteiger partial charge on any atom is -0.383 e. The maximum atomic E-state index is 5.60. The van der Waals surface area contributed by atoms with E-state index in [1.54, 1.807) is 6.92 Å². The van der Waals surface area contributed by atoms with Crippen LogP contribution in [0.15, 0.2) is 15.3 Å². The van der Waals surface area contributed by atoms with Crippen LogP contribution in [0, 0.1) is 6.92 Å². The second kappa shape index (κ2) is 4.44. The molecule has 2 aromatic rings. The standard InChI is InChI=1S/C8H9BrN6O/c1-4-14-5(16-15-4)2-11-8-6(9)7(10)12-3-13-8/h3H,2H2,1H3,(H3,10,11,12,13). The van der Waals surface area contributed by atoms with Crippen LogP contribution >= 0.6 is 15.9 Å². The van der Waals surface area contributed by atoms with Crippen molar-refractivity contribution in [2.75, 3.05) is 11.1 Å². The van der Waals surface area contributed by atoms with Crippen LogP contribution in [0.4, 0.5) is 11.6 Å². The third-order valence-corrected chi connectivity index (χ3v) is 2.57. The topological polar surface area (TPSA) is 103 Å². The van der Waals surface area contributed by atoms with Gasteiger partial charge in [0.15, 0.2) is 5.82 Å². The highest BCUT2D eigenvalue weighted by molar-refractivity contribution is 9.10. The van der Waals surface area contributed by atoms with Gasteiger partial charge in [0, 0.05) is 0 Å². The summed E-state index contributed by atoms with van der Waals surface area (Å²) in [5.41, 5.74) is 5.60. The quantitative estimate of drug-likeness (QED) is 0.871. The third-order valence-electron chi connectivity index (χ3n) is 1.79. The number of nitrogens with two attached hydrogens (primary N) is 1. The Morgan fingerprint density at radius 3 is 3.00 bits per heavy atom. The second-order valence-corrected chi connectivity index (χ2v) is 3.80. The molecule has 2 heterocycles. The highest BCUT2D eigenvalue weighted by atomic mass is 79.9. The zero-order valence-corrected chi connectivity index (χ0v) is 10.0. The Labute approximate surface area is 99.6 Å². The molecule has 2 rings (SSSR count). The van der Waals surface area contributed by atoms with Gasteiger partial charge in [-0.15, -0.1) is 0 Å². The lowest BCUT2D eigenvalue weighted by atomic mass is 10.5. The van der Waals surface area contributed by atoms with Gasteiger partial charge >= 0.3 is 0 Å². The van der Waals surface area contributed by atoms with Gasteiger partial charge < -0.3 is 15.6 Å². The maximum Gasteiger partial charge on any atom is 0.245 e. The average Bonchev–Trinajstić information content (AvgIpc) is 2.67. The van der Waals surface area contributed by atoms with E-state index in [4.69, 9.17) is 10.3 Å². The SMILES string of the molecule is Cc1noc(CNc2ncnc(N)c2Br)n1. The van der Waals surface area contributed by atoms with Crippen molar-refractivity contribution >= 4 is 27.6 Å². The predicted octanol–water partition coefficient (Wildman–Crippen LogP) is 1.12. The first-order chi connectivity index (χ1) is 7.66. The van der Waals surface area contributed by atoms with Crippen molar-refractivity contribution in [1.29, 1.82) is 0 Å². The molecule has 0 bridgehead atoms. The molecule has 0 unspecified atom stereocenters. The molecule has 2 aromatic heterocycles. The second-order valence-electron chi connectivity index (χ2n) is 3.01. The molecule has 0 aliphatic rings. The molecule has 3 N–H and O–H groups in total. The normalized spacial score (nSPS) is 10.4. The van der Waals surface area contributed by atoms with Crippen LogP contribution in [0.1, 0.15) is 11.7 Å². The third kappa shape index (κ3) is 2.27. The van der Waals surface area contributed by atoms with Crippen molar-refractivity contribution in [2.45, 2.75) is 13.5 Å². The first-order valence-corrected chi connectivity index (χ1v) is 5.25. The minimum absolute atomic E-state index is 0.374. The lowest BCUT2D eigenvalue weighted by Crippen LogP contribution is -2.04. The predicted molar refractivity (Wildman–Crippen MR) is 60.5 cm³/mol. The minimum atomic E-state index is 0.374. The van der Waals surface area contributed by atoms with Crippen LogP contribution in [-0.2, 0) is 6.54 Å². The van der Waals surface area contributed by atoms with E-state index in [-0.39, 0.29) is 0 Å². The summed E-state index contributed by atoms with van der Waals surface area (Å²) in [5.74, 6) is 2.04. The van der Waals surface area contributed by atoms with Gasteiger partial charge in [-0.3, -0.25) is 0 Å². The van der Waals surface area contributed by atoms with E-state index in [0.29, 0.717) is 34.4 Å². The Hall–Kier alpha value is -1.70. The lowest BCUT2D eigenvalue weighted by molar-refractivity contribution is 0.379. The summed E-state index contributed by atoms with van der Waals surface area (Å²) in [6, 6.07) is 0. The van der Waals surface area contributed by atoms with Gasteiger partial charge in [-0.25, -0.2) is 9.97 Å². The molecule has 0 spiro atoms. The Balaban J connectivity index is 2.07. The van der Waals surface area contributed by atoms with Crippen LogP contribution in [-0.4, -0.2) is 20.1 Å². The van der Waals surface area contributed by atoms with Crippen molar-refractivity contribution < 1.29 is 4.52 Å². The Morgan fingerprint density at radius 1 is 1.50 bits per heavy atom. The Morgan fingerprint density at radius 2 is 2.31 bits per heavy atom. The molecular weight excluding hydrogens is 276 g/mol. The van der Waals surface area contributed by atoms with E-state index < -0.39 is 0 Å². The number of nitrogens with one attached hydrogen (secondary N) is 1. The molecule has 0 aliphatic heterocycles. The summed E-state index contributed by atoms with van der Waals surface area (Å²) in [5, 5.41) is 6.68. The first kappa shape index (κ1) is 10.8. The number of nitrogens with zero attached hydrogens (tertiary/aromatic N) is 4. The van der Waals surface area contributed by atoms with E-state index >= 15 is 0 Å². The van der Waals surface area contributed by atoms with Crippen molar-refractivity contribution in [1.82, 2.24) is 20.1 Å². The molecule has 16 heavy (non-hydrogen) atoms. The lowest BCUT2D eigenvalue weighted by Gasteiger charge is -2.05. The van der Waals surface area contributed by atoms with Gasteiger partial charge in [0.2, 0.25) is 5.89 Å². The van der Waals surface area contributed by atoms with Crippen molar-refractivity contribution in [2.24, 2.45) is 0 Å². The monoisotopic (exact) mass is 284 g/mol. The molecule has 0 aromatic carbocycles. The van der Waals surface area contributed by atoms with E-state index in [2.05, 4.69) is 41.4 Å². The van der Waals surface area contributed by atoms with E-state index in [0.717, 1.165) is 0 Å². The summed E-state index contributed by atoms with van der Waals surface area (Å²) < 4.78 is 5.56. The molecule has 84 valence electrons. The smallest absolute Gasteiger partial charge is 0.245 e. The van der Waals surface area contributed by atoms with Crippen LogP contribution in [0.25, 0.3) is 0 Å². The number of nitrogen functional groups attached to an aromatic ring is 1. The molecule has 0 amide bonds. The molecule has 0 saturated heterocycles. The molecule has 0 fully saturated rings. The molecule has 8 heteroatoms. The van der Waals surface area contributed by atoms with Crippen LogP contribution in [0.2, 0.25) is 0 Å². The fourth-order valence-electron chi connectivity index (χ4n) is 1.08. The van der Waals surface area contributed by atoms with Crippen molar-refractivity contribution in [3.05, 3.63) is 22.5 Å². The summed E-state index contributed by atoms with van der Waals surface area (Å²) in [7, 11) is 0. The molecule has 0 atom stereocenters. The number of hydrogen-bond donors (Lipinski definition) is 2. The number of halogens is 1. The molecule has 7 nitrogen and oxygen atoms in total. The zero-order valence-electron chi connectivity index (χ0n) is 8.44. The largest absolute Gasteiger partial charge is 0.383 e. The molecule has 0 aliphatic carbocycles. The number of aromatic nitrogens is 4. The number of anilines is 2.